The molecule has 27 heavy (non-hydrogen) atoms. The van der Waals surface area contributed by atoms with Crippen LogP contribution in [0.5, 0.6) is 11.5 Å². The summed E-state index contributed by atoms with van der Waals surface area (Å²) in [5.41, 5.74) is 1.91. The molecule has 4 rings (SSSR count). The zero-order chi connectivity index (χ0) is 19.0. The second-order valence-electron chi connectivity index (χ2n) is 7.41. The van der Waals surface area contributed by atoms with Crippen LogP contribution in [0.25, 0.3) is 0 Å². The van der Waals surface area contributed by atoms with Crippen LogP contribution in [0.15, 0.2) is 42.5 Å². The first-order chi connectivity index (χ1) is 13.0. The van der Waals surface area contributed by atoms with Crippen molar-refractivity contribution in [1.29, 1.82) is 0 Å². The average Bonchev–Trinajstić information content (AvgIpc) is 2.68. The van der Waals surface area contributed by atoms with Gasteiger partial charge in [-0.1, -0.05) is 17.7 Å². The summed E-state index contributed by atoms with van der Waals surface area (Å²) >= 11 is 0. The van der Waals surface area contributed by atoms with Gasteiger partial charge in [-0.15, -0.1) is 0 Å². The fourth-order valence-corrected chi connectivity index (χ4v) is 3.88. The molecule has 1 saturated heterocycles. The van der Waals surface area contributed by atoms with E-state index in [0.29, 0.717) is 55.0 Å². The maximum absolute atomic E-state index is 12.7. The predicted molar refractivity (Wildman–Crippen MR) is 102 cm³/mol. The van der Waals surface area contributed by atoms with Crippen molar-refractivity contribution in [3.05, 3.63) is 59.2 Å². The molecule has 2 heterocycles. The van der Waals surface area contributed by atoms with Crippen LogP contribution in [0.2, 0.25) is 0 Å². The number of carbonyl (C=O) groups is 2. The first-order valence-corrected chi connectivity index (χ1v) is 9.26. The monoisotopic (exact) mass is 365 g/mol. The first-order valence-electron chi connectivity index (χ1n) is 9.26. The number of hydrogen-bond donors (Lipinski definition) is 0. The number of amides is 1. The molecule has 140 valence electrons. The quantitative estimate of drug-likeness (QED) is 0.815. The van der Waals surface area contributed by atoms with E-state index in [-0.39, 0.29) is 11.7 Å². The lowest BCUT2D eigenvalue weighted by molar-refractivity contribution is -0.00576. The van der Waals surface area contributed by atoms with Crippen molar-refractivity contribution in [2.24, 2.45) is 0 Å². The number of piperidine rings is 1. The molecular weight excluding hydrogens is 342 g/mol. The number of rotatable bonds is 2. The molecule has 2 aromatic carbocycles. The van der Waals surface area contributed by atoms with Gasteiger partial charge in [-0.2, -0.15) is 0 Å². The third-order valence-electron chi connectivity index (χ3n) is 5.56. The normalized spacial score (nSPS) is 18.0. The highest BCUT2D eigenvalue weighted by atomic mass is 16.5. The molecule has 1 spiro atoms. The Morgan fingerprint density at radius 3 is 2.48 bits per heavy atom. The summed E-state index contributed by atoms with van der Waals surface area (Å²) in [7, 11) is 1.58. The maximum atomic E-state index is 12.7. The molecule has 2 aliphatic rings. The maximum Gasteiger partial charge on any atom is 0.253 e. The highest BCUT2D eigenvalue weighted by molar-refractivity contribution is 6.01. The molecular formula is C22H23NO4. The van der Waals surface area contributed by atoms with Crippen LogP contribution in [-0.4, -0.2) is 42.4 Å². The fourth-order valence-electron chi connectivity index (χ4n) is 3.88. The molecule has 0 aromatic heterocycles. The number of carbonyl (C=O) groups excluding carboxylic acids is 2. The van der Waals surface area contributed by atoms with Crippen molar-refractivity contribution in [2.45, 2.75) is 31.8 Å². The van der Waals surface area contributed by atoms with Crippen LogP contribution in [-0.2, 0) is 0 Å². The van der Waals surface area contributed by atoms with Crippen molar-refractivity contribution < 1.29 is 19.1 Å². The van der Waals surface area contributed by atoms with Gasteiger partial charge in [0, 0.05) is 31.5 Å². The van der Waals surface area contributed by atoms with E-state index in [1.54, 1.807) is 25.3 Å². The highest BCUT2D eigenvalue weighted by Gasteiger charge is 2.43. The molecule has 0 N–H and O–H groups in total. The summed E-state index contributed by atoms with van der Waals surface area (Å²) in [6.45, 7) is 3.18. The van der Waals surface area contributed by atoms with Gasteiger partial charge in [0.05, 0.1) is 19.1 Å². The van der Waals surface area contributed by atoms with Crippen LogP contribution in [0.3, 0.4) is 0 Å². The van der Waals surface area contributed by atoms with Gasteiger partial charge in [0.2, 0.25) is 0 Å². The van der Waals surface area contributed by atoms with Gasteiger partial charge in [-0.05, 0) is 37.3 Å². The van der Waals surface area contributed by atoms with E-state index >= 15 is 0 Å². The first kappa shape index (κ1) is 17.6. The number of nitrogens with zero attached hydrogens (tertiary/aromatic N) is 1. The molecule has 0 radical (unpaired) electrons. The Hall–Kier alpha value is -2.82. The molecule has 5 heteroatoms. The zero-order valence-corrected chi connectivity index (χ0v) is 15.7. The second kappa shape index (κ2) is 6.72. The fraction of sp³-hybridized carbons (Fsp3) is 0.364. The number of fused-ring (bicyclic) bond motifs is 1. The van der Waals surface area contributed by atoms with Gasteiger partial charge < -0.3 is 14.4 Å². The third kappa shape index (κ3) is 3.29. The van der Waals surface area contributed by atoms with Gasteiger partial charge in [-0.25, -0.2) is 0 Å². The highest BCUT2D eigenvalue weighted by Crippen LogP contribution is 2.40. The Labute approximate surface area is 158 Å². The minimum absolute atomic E-state index is 0.0390. The number of likely N-dealkylation sites (tertiary alicyclic amines) is 1. The van der Waals surface area contributed by atoms with E-state index < -0.39 is 5.60 Å². The Morgan fingerprint density at radius 2 is 1.81 bits per heavy atom. The topological polar surface area (TPSA) is 55.8 Å². The van der Waals surface area contributed by atoms with Gasteiger partial charge in [-0.3, -0.25) is 9.59 Å². The number of methoxy groups -OCH3 is 1. The van der Waals surface area contributed by atoms with Crippen molar-refractivity contribution in [3.63, 3.8) is 0 Å². The summed E-state index contributed by atoms with van der Waals surface area (Å²) in [6, 6.07) is 13.0. The summed E-state index contributed by atoms with van der Waals surface area (Å²) < 4.78 is 11.5. The molecule has 0 atom stereocenters. The molecule has 1 fully saturated rings. The second-order valence-corrected chi connectivity index (χ2v) is 7.41. The predicted octanol–water partition coefficient (Wildman–Crippen LogP) is 3.64. The van der Waals surface area contributed by atoms with Crippen LogP contribution in [0.4, 0.5) is 0 Å². The van der Waals surface area contributed by atoms with Crippen molar-refractivity contribution in [1.82, 2.24) is 4.90 Å². The number of ether oxygens (including phenoxy) is 2. The van der Waals surface area contributed by atoms with Crippen molar-refractivity contribution >= 4 is 11.7 Å². The summed E-state index contributed by atoms with van der Waals surface area (Å²) in [5.74, 6) is 1.39. The smallest absolute Gasteiger partial charge is 0.253 e. The van der Waals surface area contributed by atoms with E-state index in [4.69, 9.17) is 9.47 Å². The van der Waals surface area contributed by atoms with Crippen LogP contribution in [0, 0.1) is 6.92 Å². The SMILES string of the molecule is COc1ccc2c(c1)C(=O)CC1(CCN(C(=O)c3ccc(C)cc3)CC1)O2. The molecule has 1 amide bonds. The summed E-state index contributed by atoms with van der Waals surface area (Å²) in [5, 5.41) is 0. The van der Waals surface area contributed by atoms with Crippen LogP contribution in [0.1, 0.15) is 45.5 Å². The van der Waals surface area contributed by atoms with E-state index in [1.807, 2.05) is 36.1 Å². The minimum Gasteiger partial charge on any atom is -0.497 e. The van der Waals surface area contributed by atoms with Crippen LogP contribution < -0.4 is 9.47 Å². The van der Waals surface area contributed by atoms with Crippen LogP contribution >= 0.6 is 0 Å². The Bertz CT molecular complexity index is 880. The molecule has 0 saturated carbocycles. The van der Waals surface area contributed by atoms with Gasteiger partial charge in [0.25, 0.3) is 5.91 Å². The molecule has 5 nitrogen and oxygen atoms in total. The Morgan fingerprint density at radius 1 is 1.11 bits per heavy atom. The number of benzene rings is 2. The lowest BCUT2D eigenvalue weighted by Gasteiger charge is -2.44. The van der Waals surface area contributed by atoms with E-state index in [0.717, 1.165) is 5.56 Å². The lowest BCUT2D eigenvalue weighted by Crippen LogP contribution is -2.52. The standard InChI is InChI=1S/C22H23NO4/c1-15-3-5-16(6-4-15)21(25)23-11-9-22(10-12-23)14-19(24)18-13-17(26-2)7-8-20(18)27-22/h3-8,13H,9-12,14H2,1-2H3. The number of hydrogen-bond acceptors (Lipinski definition) is 4. The minimum atomic E-state index is -0.511. The van der Waals surface area contributed by atoms with Gasteiger partial charge >= 0.3 is 0 Å². The Kier molecular flexibility index (Phi) is 4.38. The number of ketones is 1. The number of aryl methyl sites for hydroxylation is 1. The van der Waals surface area contributed by atoms with Crippen molar-refractivity contribution in [3.8, 4) is 11.5 Å². The Balaban J connectivity index is 1.47. The van der Waals surface area contributed by atoms with Crippen molar-refractivity contribution in [2.75, 3.05) is 20.2 Å². The number of Topliss-reactive ketones (excluding diaryl/α,β-unsaturated/α-hetero) is 1. The average molecular weight is 365 g/mol. The largest absolute Gasteiger partial charge is 0.497 e. The molecule has 0 bridgehead atoms. The molecule has 0 aliphatic carbocycles. The van der Waals surface area contributed by atoms with E-state index in [2.05, 4.69) is 0 Å². The molecule has 0 unspecified atom stereocenters. The lowest BCUT2D eigenvalue weighted by atomic mass is 9.82. The van der Waals surface area contributed by atoms with Gasteiger partial charge in [0.1, 0.15) is 17.1 Å². The summed E-state index contributed by atoms with van der Waals surface area (Å²) in [4.78, 5) is 27.3. The summed E-state index contributed by atoms with van der Waals surface area (Å²) in [6.07, 6.45) is 1.66. The van der Waals surface area contributed by atoms with E-state index in [1.165, 1.54) is 0 Å². The van der Waals surface area contributed by atoms with Gasteiger partial charge in [0.15, 0.2) is 5.78 Å². The van der Waals surface area contributed by atoms with E-state index in [9.17, 15) is 9.59 Å². The molecule has 2 aromatic rings. The zero-order valence-electron chi connectivity index (χ0n) is 15.7. The third-order valence-corrected chi connectivity index (χ3v) is 5.56. The molecule has 2 aliphatic heterocycles.